The number of benzene rings is 1. The van der Waals surface area contributed by atoms with Crippen LogP contribution in [0.3, 0.4) is 0 Å². The third-order valence-corrected chi connectivity index (χ3v) is 5.45. The van der Waals surface area contributed by atoms with Crippen LogP contribution in [0.4, 0.5) is 5.82 Å². The number of para-hydroxylation sites is 1. The number of likely N-dealkylation sites (tertiary alicyclic amines) is 1. The lowest BCUT2D eigenvalue weighted by atomic mass is 10.0. The van der Waals surface area contributed by atoms with Gasteiger partial charge < -0.3 is 21.1 Å². The number of hydrogen-bond donors (Lipinski definition) is 2. The largest absolute Gasteiger partial charge is 0.456 e. The van der Waals surface area contributed by atoms with Crippen molar-refractivity contribution in [3.05, 3.63) is 66.9 Å². The highest BCUT2D eigenvalue weighted by atomic mass is 16.5. The number of piperidine rings is 1. The number of nitrogens with zero attached hydrogens (tertiary/aromatic N) is 4. The van der Waals surface area contributed by atoms with Crippen LogP contribution in [-0.2, 0) is 4.79 Å². The summed E-state index contributed by atoms with van der Waals surface area (Å²) in [7, 11) is 0. The molecule has 0 radical (unpaired) electrons. The van der Waals surface area contributed by atoms with Crippen molar-refractivity contribution in [2.24, 2.45) is 5.73 Å². The fourth-order valence-electron chi connectivity index (χ4n) is 3.81. The molecule has 3 heterocycles. The topological polar surface area (TPSA) is 129 Å². The third-order valence-electron chi connectivity index (χ3n) is 5.45. The van der Waals surface area contributed by atoms with E-state index in [0.29, 0.717) is 48.8 Å². The van der Waals surface area contributed by atoms with Crippen LogP contribution in [0.2, 0.25) is 0 Å². The number of nitrogen functional groups attached to an aromatic ring is 1. The van der Waals surface area contributed by atoms with Crippen LogP contribution in [0.15, 0.2) is 61.3 Å². The second-order valence-corrected chi connectivity index (χ2v) is 7.47. The highest BCUT2D eigenvalue weighted by Gasteiger charge is 2.29. The lowest BCUT2D eigenvalue weighted by molar-refractivity contribution is -0.127. The molecule has 1 aliphatic rings. The van der Waals surface area contributed by atoms with E-state index < -0.39 is 5.91 Å². The molecule has 2 aromatic heterocycles. The van der Waals surface area contributed by atoms with Crippen LogP contribution in [-0.4, -0.2) is 44.6 Å². The van der Waals surface area contributed by atoms with E-state index in [-0.39, 0.29) is 23.3 Å². The summed E-state index contributed by atoms with van der Waals surface area (Å²) in [6.45, 7) is 4.64. The number of rotatable bonds is 6. The third kappa shape index (κ3) is 4.18. The molecule has 0 bridgehead atoms. The average molecular weight is 432 g/mol. The Kier molecular flexibility index (Phi) is 5.89. The molecule has 1 aliphatic heterocycles. The maximum absolute atomic E-state index is 12.2. The van der Waals surface area contributed by atoms with E-state index >= 15 is 0 Å². The standard InChI is InChI=1S/C23H24N6O3/c1-2-19(30)28-12-10-15(11-13-28)29-22(24)20(23(25)31)21(27-29)18-9-8-17(14-26-18)32-16-6-4-3-5-7-16/h2-9,14-15H,1,10-13,24H2,(H2,25,31). The Morgan fingerprint density at radius 1 is 1.09 bits per heavy atom. The molecule has 4 rings (SSSR count). The molecule has 0 atom stereocenters. The van der Waals surface area contributed by atoms with Gasteiger partial charge in [0.05, 0.1) is 17.9 Å². The predicted molar refractivity (Wildman–Crippen MR) is 120 cm³/mol. The van der Waals surface area contributed by atoms with Gasteiger partial charge in [-0.1, -0.05) is 24.8 Å². The fraction of sp³-hybridized carbons (Fsp3) is 0.217. The number of hydrogen-bond acceptors (Lipinski definition) is 6. The fourth-order valence-corrected chi connectivity index (χ4v) is 3.81. The van der Waals surface area contributed by atoms with Gasteiger partial charge in [0, 0.05) is 13.1 Å². The van der Waals surface area contributed by atoms with Gasteiger partial charge in [0.15, 0.2) is 0 Å². The molecule has 1 fully saturated rings. The van der Waals surface area contributed by atoms with Crippen molar-refractivity contribution >= 4 is 17.6 Å². The van der Waals surface area contributed by atoms with Crippen LogP contribution < -0.4 is 16.2 Å². The van der Waals surface area contributed by atoms with Gasteiger partial charge in [-0.15, -0.1) is 0 Å². The molecule has 9 heteroatoms. The maximum atomic E-state index is 12.2. The van der Waals surface area contributed by atoms with Crippen molar-refractivity contribution in [3.8, 4) is 22.9 Å². The van der Waals surface area contributed by atoms with Crippen LogP contribution >= 0.6 is 0 Å². The Balaban J connectivity index is 1.58. The first-order chi connectivity index (χ1) is 15.5. The van der Waals surface area contributed by atoms with Crippen molar-refractivity contribution in [1.82, 2.24) is 19.7 Å². The molecule has 4 N–H and O–H groups in total. The molecule has 1 saturated heterocycles. The minimum atomic E-state index is -0.672. The quantitative estimate of drug-likeness (QED) is 0.576. The number of amides is 2. The molecule has 0 saturated carbocycles. The number of anilines is 1. The number of nitrogens with two attached hydrogens (primary N) is 2. The maximum Gasteiger partial charge on any atom is 0.254 e. The van der Waals surface area contributed by atoms with Gasteiger partial charge in [-0.25, -0.2) is 4.68 Å². The zero-order valence-corrected chi connectivity index (χ0v) is 17.5. The summed E-state index contributed by atoms with van der Waals surface area (Å²) in [5.74, 6) is 0.668. The van der Waals surface area contributed by atoms with Gasteiger partial charge in [0.25, 0.3) is 5.91 Å². The molecule has 1 aromatic carbocycles. The van der Waals surface area contributed by atoms with Crippen LogP contribution in [0.5, 0.6) is 11.5 Å². The first-order valence-corrected chi connectivity index (χ1v) is 10.3. The number of carbonyl (C=O) groups is 2. The van der Waals surface area contributed by atoms with Gasteiger partial charge in [-0.05, 0) is 43.2 Å². The molecule has 0 spiro atoms. The van der Waals surface area contributed by atoms with E-state index in [1.165, 1.54) is 6.08 Å². The molecule has 164 valence electrons. The van der Waals surface area contributed by atoms with Gasteiger partial charge in [0.1, 0.15) is 28.6 Å². The molecule has 0 aliphatic carbocycles. The Hall–Kier alpha value is -4.14. The Morgan fingerprint density at radius 2 is 1.81 bits per heavy atom. The second-order valence-electron chi connectivity index (χ2n) is 7.47. The summed E-state index contributed by atoms with van der Waals surface area (Å²) in [5.41, 5.74) is 12.8. The van der Waals surface area contributed by atoms with Gasteiger partial charge in [-0.2, -0.15) is 5.10 Å². The number of ether oxygens (including phenoxy) is 1. The van der Waals surface area contributed by atoms with Gasteiger partial charge in [0.2, 0.25) is 5.91 Å². The highest BCUT2D eigenvalue weighted by molar-refractivity contribution is 6.03. The molecule has 0 unspecified atom stereocenters. The van der Waals surface area contributed by atoms with Crippen LogP contribution in [0.25, 0.3) is 11.4 Å². The zero-order valence-electron chi connectivity index (χ0n) is 17.5. The normalized spacial score (nSPS) is 14.2. The molecule has 2 amide bonds. The minimum Gasteiger partial charge on any atom is -0.456 e. The number of aromatic nitrogens is 3. The molecular formula is C23H24N6O3. The van der Waals surface area contributed by atoms with Crippen LogP contribution in [0, 0.1) is 0 Å². The van der Waals surface area contributed by atoms with Crippen LogP contribution in [0.1, 0.15) is 29.2 Å². The van der Waals surface area contributed by atoms with Crippen molar-refractivity contribution in [1.29, 1.82) is 0 Å². The van der Waals surface area contributed by atoms with Crippen molar-refractivity contribution in [2.45, 2.75) is 18.9 Å². The van der Waals surface area contributed by atoms with E-state index in [2.05, 4.69) is 16.7 Å². The summed E-state index contributed by atoms with van der Waals surface area (Å²) in [6, 6.07) is 12.7. The summed E-state index contributed by atoms with van der Waals surface area (Å²) in [6.07, 6.45) is 4.17. The zero-order chi connectivity index (χ0) is 22.7. The summed E-state index contributed by atoms with van der Waals surface area (Å²) < 4.78 is 7.39. The lowest BCUT2D eigenvalue weighted by Crippen LogP contribution is -2.38. The highest BCUT2D eigenvalue weighted by Crippen LogP contribution is 2.32. The Labute approximate surface area is 185 Å². The van der Waals surface area contributed by atoms with Crippen molar-refractivity contribution in [3.63, 3.8) is 0 Å². The van der Waals surface area contributed by atoms with E-state index in [1.54, 1.807) is 27.9 Å². The smallest absolute Gasteiger partial charge is 0.254 e. The van der Waals surface area contributed by atoms with Gasteiger partial charge in [-0.3, -0.25) is 14.6 Å². The molecule has 3 aromatic rings. The average Bonchev–Trinajstić information content (AvgIpc) is 3.17. The molecule has 32 heavy (non-hydrogen) atoms. The first-order valence-electron chi connectivity index (χ1n) is 10.3. The Bertz CT molecular complexity index is 1130. The van der Waals surface area contributed by atoms with Crippen molar-refractivity contribution < 1.29 is 14.3 Å². The Morgan fingerprint density at radius 3 is 2.41 bits per heavy atom. The van der Waals surface area contributed by atoms with Crippen molar-refractivity contribution in [2.75, 3.05) is 18.8 Å². The van der Waals surface area contributed by atoms with E-state index in [1.807, 2.05) is 30.3 Å². The van der Waals surface area contributed by atoms with E-state index in [0.717, 1.165) is 0 Å². The predicted octanol–water partition coefficient (Wildman–Crippen LogP) is 2.77. The minimum absolute atomic E-state index is 0.0589. The number of carbonyl (C=O) groups excluding carboxylic acids is 2. The van der Waals surface area contributed by atoms with E-state index in [4.69, 9.17) is 16.2 Å². The first kappa shape index (κ1) is 21.1. The monoisotopic (exact) mass is 432 g/mol. The molecular weight excluding hydrogens is 408 g/mol. The second kappa shape index (κ2) is 8.93. The SMILES string of the molecule is C=CC(=O)N1CCC(n2nc(-c3ccc(Oc4ccccc4)cn3)c(C(N)=O)c2N)CC1. The molecule has 9 nitrogen and oxygen atoms in total. The summed E-state index contributed by atoms with van der Waals surface area (Å²) >= 11 is 0. The van der Waals surface area contributed by atoms with E-state index in [9.17, 15) is 9.59 Å². The summed E-state index contributed by atoms with van der Waals surface area (Å²) in [5, 5.41) is 4.59. The summed E-state index contributed by atoms with van der Waals surface area (Å²) in [4.78, 5) is 30.1. The number of primary amides is 1. The lowest BCUT2D eigenvalue weighted by Gasteiger charge is -2.31. The number of pyridine rings is 1. The van der Waals surface area contributed by atoms with Gasteiger partial charge >= 0.3 is 0 Å².